The molecule has 1 heterocycles. The highest BCUT2D eigenvalue weighted by Gasteiger charge is 2.11. The summed E-state index contributed by atoms with van der Waals surface area (Å²) in [7, 11) is 0. The Morgan fingerprint density at radius 2 is 2.14 bits per heavy atom. The lowest BCUT2D eigenvalue weighted by atomic mass is 10.2. The molecule has 112 valence electrons. The average Bonchev–Trinajstić information content (AvgIpc) is 2.98. The number of aliphatic hydroxyl groups is 1. The van der Waals surface area contributed by atoms with Crippen molar-refractivity contribution in [3.05, 3.63) is 52.2 Å². The van der Waals surface area contributed by atoms with Crippen molar-refractivity contribution >= 4 is 29.0 Å². The molecule has 0 aliphatic carbocycles. The second-order valence-corrected chi connectivity index (χ2v) is 6.81. The Hall–Kier alpha value is -1.30. The van der Waals surface area contributed by atoms with Crippen LogP contribution >= 0.6 is 23.1 Å². The lowest BCUT2D eigenvalue weighted by Crippen LogP contribution is -2.26. The average molecular weight is 321 g/mol. The van der Waals surface area contributed by atoms with Crippen molar-refractivity contribution in [2.75, 3.05) is 6.54 Å². The molecule has 3 nitrogen and oxygen atoms in total. The molecule has 1 unspecified atom stereocenters. The van der Waals surface area contributed by atoms with Crippen LogP contribution in [0.15, 0.2) is 46.7 Å². The van der Waals surface area contributed by atoms with Gasteiger partial charge in [0.2, 0.25) is 0 Å². The number of thiophene rings is 1. The van der Waals surface area contributed by atoms with Crippen LogP contribution in [0.3, 0.4) is 0 Å². The summed E-state index contributed by atoms with van der Waals surface area (Å²) >= 11 is 3.40. The van der Waals surface area contributed by atoms with E-state index in [0.717, 1.165) is 10.6 Å². The van der Waals surface area contributed by atoms with Gasteiger partial charge < -0.3 is 10.4 Å². The van der Waals surface area contributed by atoms with E-state index in [0.29, 0.717) is 18.5 Å². The van der Waals surface area contributed by atoms with E-state index in [1.54, 1.807) is 30.0 Å². The molecule has 0 aliphatic heterocycles. The van der Waals surface area contributed by atoms with Crippen molar-refractivity contribution in [1.82, 2.24) is 5.32 Å². The van der Waals surface area contributed by atoms with Crippen LogP contribution in [0.2, 0.25) is 0 Å². The second-order valence-electron chi connectivity index (χ2n) is 4.76. The number of benzene rings is 1. The molecular formula is C16H19NO2S2. The van der Waals surface area contributed by atoms with Crippen molar-refractivity contribution in [3.8, 4) is 0 Å². The van der Waals surface area contributed by atoms with Gasteiger partial charge in [0.1, 0.15) is 0 Å². The highest BCUT2D eigenvalue weighted by Crippen LogP contribution is 2.27. The van der Waals surface area contributed by atoms with E-state index in [2.05, 4.69) is 16.8 Å². The Morgan fingerprint density at radius 3 is 2.86 bits per heavy atom. The Labute approximate surface area is 133 Å². The van der Waals surface area contributed by atoms with Gasteiger partial charge in [-0.3, -0.25) is 4.79 Å². The van der Waals surface area contributed by atoms with Crippen LogP contribution < -0.4 is 5.32 Å². The molecule has 0 saturated heterocycles. The van der Waals surface area contributed by atoms with Crippen LogP contribution in [0, 0.1) is 0 Å². The van der Waals surface area contributed by atoms with E-state index in [9.17, 15) is 9.90 Å². The number of carbonyl (C=O) groups is 1. The number of rotatable bonds is 7. The Kier molecular flexibility index (Phi) is 6.29. The minimum atomic E-state index is -0.395. The number of hydrogen-bond acceptors (Lipinski definition) is 4. The smallest absolute Gasteiger partial charge is 0.252 e. The monoisotopic (exact) mass is 321 g/mol. The van der Waals surface area contributed by atoms with Gasteiger partial charge in [-0.25, -0.2) is 0 Å². The van der Waals surface area contributed by atoms with E-state index < -0.39 is 6.10 Å². The molecule has 5 heteroatoms. The molecule has 1 aromatic heterocycles. The fourth-order valence-corrected chi connectivity index (χ4v) is 3.64. The van der Waals surface area contributed by atoms with Crippen molar-refractivity contribution < 1.29 is 9.90 Å². The molecule has 0 fully saturated rings. The minimum absolute atomic E-state index is 0.0788. The van der Waals surface area contributed by atoms with E-state index in [1.165, 1.54) is 4.88 Å². The van der Waals surface area contributed by atoms with Crippen LogP contribution in [0.1, 0.15) is 28.6 Å². The van der Waals surface area contributed by atoms with Crippen molar-refractivity contribution in [2.24, 2.45) is 0 Å². The maximum atomic E-state index is 12.2. The molecule has 21 heavy (non-hydrogen) atoms. The Balaban J connectivity index is 1.97. The summed E-state index contributed by atoms with van der Waals surface area (Å²) in [5.74, 6) is 0.792. The lowest BCUT2D eigenvalue weighted by molar-refractivity contribution is 0.0942. The van der Waals surface area contributed by atoms with Gasteiger partial charge in [0.25, 0.3) is 5.91 Å². The molecule has 2 N–H and O–H groups in total. The van der Waals surface area contributed by atoms with Gasteiger partial charge in [0.15, 0.2) is 0 Å². The first kappa shape index (κ1) is 16.1. The van der Waals surface area contributed by atoms with E-state index in [1.807, 2.05) is 30.3 Å². The third kappa shape index (κ3) is 5.19. The van der Waals surface area contributed by atoms with Gasteiger partial charge in [-0.1, -0.05) is 18.2 Å². The van der Waals surface area contributed by atoms with Crippen LogP contribution in [-0.2, 0) is 5.75 Å². The summed E-state index contributed by atoms with van der Waals surface area (Å²) in [6.07, 6.45) is 0.171. The highest BCUT2D eigenvalue weighted by atomic mass is 32.2. The number of nitrogens with one attached hydrogen (secondary N) is 1. The number of aliphatic hydroxyl groups excluding tert-OH is 1. The van der Waals surface area contributed by atoms with Crippen LogP contribution in [0.4, 0.5) is 0 Å². The van der Waals surface area contributed by atoms with E-state index >= 15 is 0 Å². The van der Waals surface area contributed by atoms with Crippen molar-refractivity contribution in [3.63, 3.8) is 0 Å². The molecule has 2 aromatic rings. The third-order valence-electron chi connectivity index (χ3n) is 2.93. The standard InChI is InChI=1S/C16H19NO2S2/c1-12(18)8-9-17-16(19)14-6-2-3-7-15(14)21-11-13-5-4-10-20-13/h2-7,10,12,18H,8-9,11H2,1H3,(H,17,19). The fraction of sp³-hybridized carbons (Fsp3) is 0.312. The van der Waals surface area contributed by atoms with Crippen LogP contribution in [0.25, 0.3) is 0 Å². The number of carbonyl (C=O) groups excluding carboxylic acids is 1. The molecule has 0 bridgehead atoms. The molecule has 1 aromatic carbocycles. The lowest BCUT2D eigenvalue weighted by Gasteiger charge is -2.10. The Morgan fingerprint density at radius 1 is 1.33 bits per heavy atom. The third-order valence-corrected chi connectivity index (χ3v) is 5.11. The number of hydrogen-bond donors (Lipinski definition) is 2. The molecule has 0 aliphatic rings. The summed E-state index contributed by atoms with van der Waals surface area (Å²) in [5.41, 5.74) is 0.699. The number of amides is 1. The normalized spacial score (nSPS) is 12.1. The summed E-state index contributed by atoms with van der Waals surface area (Å²) in [5, 5.41) is 14.1. The summed E-state index contributed by atoms with van der Waals surface area (Å²) in [6.45, 7) is 2.21. The predicted molar refractivity (Wildman–Crippen MR) is 89.0 cm³/mol. The molecular weight excluding hydrogens is 302 g/mol. The van der Waals surface area contributed by atoms with Crippen molar-refractivity contribution in [1.29, 1.82) is 0 Å². The molecule has 0 radical (unpaired) electrons. The van der Waals surface area contributed by atoms with Gasteiger partial charge in [0, 0.05) is 22.1 Å². The first-order valence-corrected chi connectivity index (χ1v) is 8.74. The topological polar surface area (TPSA) is 49.3 Å². The van der Waals surface area contributed by atoms with Crippen LogP contribution in [0.5, 0.6) is 0 Å². The molecule has 0 spiro atoms. The maximum absolute atomic E-state index is 12.2. The molecule has 2 rings (SSSR count). The number of thioether (sulfide) groups is 1. The first-order chi connectivity index (χ1) is 10.2. The molecule has 1 atom stereocenters. The van der Waals surface area contributed by atoms with Gasteiger partial charge >= 0.3 is 0 Å². The summed E-state index contributed by atoms with van der Waals surface area (Å²) in [4.78, 5) is 14.5. The van der Waals surface area contributed by atoms with Crippen molar-refractivity contribution in [2.45, 2.75) is 30.1 Å². The van der Waals surface area contributed by atoms with E-state index in [-0.39, 0.29) is 5.91 Å². The summed E-state index contributed by atoms with van der Waals surface area (Å²) < 4.78 is 0. The van der Waals surface area contributed by atoms with Gasteiger partial charge in [0.05, 0.1) is 11.7 Å². The maximum Gasteiger partial charge on any atom is 0.252 e. The quantitative estimate of drug-likeness (QED) is 0.767. The Bertz CT molecular complexity index is 567. The SMILES string of the molecule is CC(O)CCNC(=O)c1ccccc1SCc1cccs1. The van der Waals surface area contributed by atoms with Crippen LogP contribution in [-0.4, -0.2) is 23.7 Å². The molecule has 1 amide bonds. The fourth-order valence-electron chi connectivity index (χ4n) is 1.81. The zero-order valence-corrected chi connectivity index (χ0v) is 13.5. The van der Waals surface area contributed by atoms with E-state index in [4.69, 9.17) is 0 Å². The summed E-state index contributed by atoms with van der Waals surface area (Å²) in [6, 6.07) is 11.8. The zero-order valence-electron chi connectivity index (χ0n) is 11.9. The zero-order chi connectivity index (χ0) is 15.1. The van der Waals surface area contributed by atoms with Gasteiger partial charge in [-0.05, 0) is 36.9 Å². The minimum Gasteiger partial charge on any atom is -0.393 e. The van der Waals surface area contributed by atoms with Gasteiger partial charge in [-0.2, -0.15) is 0 Å². The van der Waals surface area contributed by atoms with Gasteiger partial charge in [-0.15, -0.1) is 23.1 Å². The predicted octanol–water partition coefficient (Wildman–Crippen LogP) is 3.54. The largest absolute Gasteiger partial charge is 0.393 e. The second kappa shape index (κ2) is 8.22. The first-order valence-electron chi connectivity index (χ1n) is 6.87. The highest BCUT2D eigenvalue weighted by molar-refractivity contribution is 7.98. The molecule has 0 saturated carbocycles.